The predicted octanol–water partition coefficient (Wildman–Crippen LogP) is 5.65. The first-order valence-electron chi connectivity index (χ1n) is 7.72. The Bertz CT molecular complexity index is 860. The molecule has 0 radical (unpaired) electrons. The van der Waals surface area contributed by atoms with Crippen molar-refractivity contribution in [2.24, 2.45) is 0 Å². The maximum atomic E-state index is 4.57. The lowest BCUT2D eigenvalue weighted by Crippen LogP contribution is -2.03. The number of hydrogen-bond acceptors (Lipinski definition) is 4. The Balaban J connectivity index is 1.85. The summed E-state index contributed by atoms with van der Waals surface area (Å²) in [4.78, 5) is 9.03. The van der Waals surface area contributed by atoms with Crippen molar-refractivity contribution in [2.45, 2.75) is 20.8 Å². The zero-order valence-electron chi connectivity index (χ0n) is 13.9. The van der Waals surface area contributed by atoms with Gasteiger partial charge in [0, 0.05) is 27.6 Å². The zero-order chi connectivity index (χ0) is 17.1. The first-order valence-corrected chi connectivity index (χ1v) is 8.51. The van der Waals surface area contributed by atoms with Crippen LogP contribution in [0.25, 0.3) is 0 Å². The van der Waals surface area contributed by atoms with E-state index in [9.17, 15) is 0 Å². The van der Waals surface area contributed by atoms with E-state index < -0.39 is 0 Å². The van der Waals surface area contributed by atoms with Crippen LogP contribution in [-0.4, -0.2) is 9.97 Å². The van der Waals surface area contributed by atoms with Crippen molar-refractivity contribution >= 4 is 39.1 Å². The number of benzene rings is 2. The maximum absolute atomic E-state index is 4.57. The number of aromatic nitrogens is 2. The van der Waals surface area contributed by atoms with E-state index in [1.807, 2.05) is 37.3 Å². The van der Waals surface area contributed by atoms with Gasteiger partial charge in [-0.25, -0.2) is 4.98 Å². The summed E-state index contributed by atoms with van der Waals surface area (Å²) in [6, 6.07) is 16.2. The molecule has 3 rings (SSSR count). The van der Waals surface area contributed by atoms with Crippen molar-refractivity contribution in [1.82, 2.24) is 9.97 Å². The van der Waals surface area contributed by atoms with E-state index in [1.165, 1.54) is 11.1 Å². The standard InChI is InChI=1S/C19H19BrN4/c1-12-4-5-13(2)17(10-12)23-18-11-14(3)21-19(24-18)22-16-8-6-15(20)7-9-16/h4-11H,1-3H3,(H2,21,22,23,24). The van der Waals surface area contributed by atoms with Crippen molar-refractivity contribution in [3.63, 3.8) is 0 Å². The third-order valence-corrected chi connectivity index (χ3v) is 4.14. The summed E-state index contributed by atoms with van der Waals surface area (Å²) in [5, 5.41) is 6.63. The first kappa shape index (κ1) is 16.5. The Morgan fingerprint density at radius 3 is 2.33 bits per heavy atom. The van der Waals surface area contributed by atoms with Gasteiger partial charge in [-0.2, -0.15) is 4.98 Å². The molecule has 1 heterocycles. The van der Waals surface area contributed by atoms with Crippen LogP contribution in [0, 0.1) is 20.8 Å². The smallest absolute Gasteiger partial charge is 0.229 e. The molecule has 0 bridgehead atoms. The van der Waals surface area contributed by atoms with E-state index >= 15 is 0 Å². The average molecular weight is 383 g/mol. The summed E-state index contributed by atoms with van der Waals surface area (Å²) in [6.07, 6.45) is 0. The molecule has 0 saturated carbocycles. The molecular formula is C19H19BrN4. The highest BCUT2D eigenvalue weighted by Crippen LogP contribution is 2.23. The molecule has 24 heavy (non-hydrogen) atoms. The van der Waals surface area contributed by atoms with Gasteiger partial charge in [0.05, 0.1) is 0 Å². The Hall–Kier alpha value is -2.40. The van der Waals surface area contributed by atoms with Gasteiger partial charge in [-0.3, -0.25) is 0 Å². The van der Waals surface area contributed by atoms with Gasteiger partial charge in [0.15, 0.2) is 0 Å². The topological polar surface area (TPSA) is 49.8 Å². The number of nitrogens with one attached hydrogen (secondary N) is 2. The van der Waals surface area contributed by atoms with Crippen LogP contribution in [0.5, 0.6) is 0 Å². The van der Waals surface area contributed by atoms with Gasteiger partial charge in [-0.1, -0.05) is 28.1 Å². The summed E-state index contributed by atoms with van der Waals surface area (Å²) in [7, 11) is 0. The number of anilines is 4. The molecule has 0 fully saturated rings. The molecule has 4 nitrogen and oxygen atoms in total. The molecule has 0 amide bonds. The van der Waals surface area contributed by atoms with E-state index in [4.69, 9.17) is 0 Å². The molecule has 1 aromatic heterocycles. The van der Waals surface area contributed by atoms with Crippen LogP contribution in [0.15, 0.2) is 53.0 Å². The Morgan fingerprint density at radius 1 is 0.833 bits per heavy atom. The molecule has 0 aliphatic rings. The number of halogens is 1. The van der Waals surface area contributed by atoms with Crippen LogP contribution in [0.2, 0.25) is 0 Å². The largest absolute Gasteiger partial charge is 0.340 e. The number of nitrogens with zero attached hydrogens (tertiary/aromatic N) is 2. The normalized spacial score (nSPS) is 10.5. The van der Waals surface area contributed by atoms with Crippen molar-refractivity contribution in [3.8, 4) is 0 Å². The van der Waals surface area contributed by atoms with E-state index in [2.05, 4.69) is 68.6 Å². The Kier molecular flexibility index (Phi) is 4.81. The van der Waals surface area contributed by atoms with Crippen LogP contribution in [-0.2, 0) is 0 Å². The predicted molar refractivity (Wildman–Crippen MR) is 103 cm³/mol. The summed E-state index contributed by atoms with van der Waals surface area (Å²) in [5.41, 5.74) is 5.29. The molecule has 0 atom stereocenters. The van der Waals surface area contributed by atoms with E-state index in [-0.39, 0.29) is 0 Å². The zero-order valence-corrected chi connectivity index (χ0v) is 15.5. The number of hydrogen-bond donors (Lipinski definition) is 2. The van der Waals surface area contributed by atoms with Gasteiger partial charge >= 0.3 is 0 Å². The van der Waals surface area contributed by atoms with Crippen LogP contribution in [0.1, 0.15) is 16.8 Å². The summed E-state index contributed by atoms with van der Waals surface area (Å²) >= 11 is 3.43. The third kappa shape index (κ3) is 4.11. The molecule has 5 heteroatoms. The molecule has 0 saturated heterocycles. The maximum Gasteiger partial charge on any atom is 0.229 e. The summed E-state index contributed by atoms with van der Waals surface area (Å²) in [5.74, 6) is 1.35. The highest BCUT2D eigenvalue weighted by atomic mass is 79.9. The monoisotopic (exact) mass is 382 g/mol. The molecule has 0 aliphatic carbocycles. The van der Waals surface area contributed by atoms with Crippen molar-refractivity contribution < 1.29 is 0 Å². The molecule has 2 N–H and O–H groups in total. The quantitative estimate of drug-likeness (QED) is 0.611. The SMILES string of the molecule is Cc1ccc(C)c(Nc2cc(C)nc(Nc3ccc(Br)cc3)n2)c1. The van der Waals surface area contributed by atoms with Gasteiger partial charge in [0.25, 0.3) is 0 Å². The summed E-state index contributed by atoms with van der Waals surface area (Å²) in [6.45, 7) is 6.12. The fraction of sp³-hybridized carbons (Fsp3) is 0.158. The lowest BCUT2D eigenvalue weighted by molar-refractivity contribution is 1.11. The van der Waals surface area contributed by atoms with Crippen molar-refractivity contribution in [2.75, 3.05) is 10.6 Å². The first-order chi connectivity index (χ1) is 11.5. The van der Waals surface area contributed by atoms with Gasteiger partial charge in [0.2, 0.25) is 5.95 Å². The highest BCUT2D eigenvalue weighted by Gasteiger charge is 2.05. The van der Waals surface area contributed by atoms with Gasteiger partial charge in [-0.05, 0) is 62.2 Å². The van der Waals surface area contributed by atoms with Crippen LogP contribution < -0.4 is 10.6 Å². The van der Waals surface area contributed by atoms with Crippen molar-refractivity contribution in [3.05, 3.63) is 69.8 Å². The molecule has 0 aliphatic heterocycles. The second-order valence-electron chi connectivity index (χ2n) is 5.79. The van der Waals surface area contributed by atoms with E-state index in [1.54, 1.807) is 0 Å². The Labute approximate surface area is 150 Å². The lowest BCUT2D eigenvalue weighted by atomic mass is 10.1. The highest BCUT2D eigenvalue weighted by molar-refractivity contribution is 9.10. The van der Waals surface area contributed by atoms with Crippen LogP contribution in [0.3, 0.4) is 0 Å². The van der Waals surface area contributed by atoms with E-state index in [0.29, 0.717) is 5.95 Å². The molecule has 2 aromatic carbocycles. The van der Waals surface area contributed by atoms with Crippen LogP contribution in [0.4, 0.5) is 23.1 Å². The third-order valence-electron chi connectivity index (χ3n) is 3.61. The van der Waals surface area contributed by atoms with Gasteiger partial charge in [-0.15, -0.1) is 0 Å². The minimum atomic E-state index is 0.574. The lowest BCUT2D eigenvalue weighted by Gasteiger charge is -2.12. The number of aryl methyl sites for hydroxylation is 3. The molecule has 122 valence electrons. The minimum Gasteiger partial charge on any atom is -0.340 e. The summed E-state index contributed by atoms with van der Waals surface area (Å²) < 4.78 is 1.04. The average Bonchev–Trinajstić information content (AvgIpc) is 2.53. The minimum absolute atomic E-state index is 0.574. The Morgan fingerprint density at radius 2 is 1.58 bits per heavy atom. The molecule has 0 unspecified atom stereocenters. The van der Waals surface area contributed by atoms with Crippen molar-refractivity contribution in [1.29, 1.82) is 0 Å². The molecular weight excluding hydrogens is 364 g/mol. The second kappa shape index (κ2) is 7.01. The van der Waals surface area contributed by atoms with Gasteiger partial charge in [0.1, 0.15) is 5.82 Å². The van der Waals surface area contributed by atoms with Gasteiger partial charge < -0.3 is 10.6 Å². The molecule has 0 spiro atoms. The fourth-order valence-electron chi connectivity index (χ4n) is 2.36. The number of rotatable bonds is 4. The van der Waals surface area contributed by atoms with Crippen LogP contribution >= 0.6 is 15.9 Å². The molecule has 3 aromatic rings. The van der Waals surface area contributed by atoms with E-state index in [0.717, 1.165) is 27.4 Å². The fourth-order valence-corrected chi connectivity index (χ4v) is 2.62. The second-order valence-corrected chi connectivity index (χ2v) is 6.71.